The molecule has 0 spiro atoms. The number of carbonyl (C=O) groups excluding carboxylic acids is 1. The van der Waals surface area contributed by atoms with E-state index in [1.54, 1.807) is 7.05 Å². The highest BCUT2D eigenvalue weighted by molar-refractivity contribution is 6.33. The van der Waals surface area contributed by atoms with Crippen LogP contribution in [-0.2, 0) is 11.3 Å². The topological polar surface area (TPSA) is 60.5 Å². The Bertz CT molecular complexity index is 632. The lowest BCUT2D eigenvalue weighted by atomic mass is 10.2. The monoisotopic (exact) mass is 306 g/mol. The van der Waals surface area contributed by atoms with Crippen molar-refractivity contribution < 1.29 is 14.3 Å². The van der Waals surface area contributed by atoms with Crippen molar-refractivity contribution in [3.63, 3.8) is 0 Å². The van der Waals surface area contributed by atoms with Gasteiger partial charge in [0.15, 0.2) is 0 Å². The standard InChI is InChI=1S/C15H15ClN2O3/c1-17-13-12(16)8-11(14(18-13)20-2)15(19)21-9-10-6-4-3-5-7-10/h3-8H,9H2,1-2H3,(H,17,18). The van der Waals surface area contributed by atoms with Gasteiger partial charge in [0.25, 0.3) is 0 Å². The van der Waals surface area contributed by atoms with Crippen LogP contribution in [0.15, 0.2) is 36.4 Å². The molecule has 1 heterocycles. The number of nitrogens with zero attached hydrogens (tertiary/aromatic N) is 1. The molecule has 0 atom stereocenters. The highest BCUT2D eigenvalue weighted by atomic mass is 35.5. The van der Waals surface area contributed by atoms with Crippen LogP contribution in [0.2, 0.25) is 5.02 Å². The Morgan fingerprint density at radius 1 is 1.33 bits per heavy atom. The summed E-state index contributed by atoms with van der Waals surface area (Å²) < 4.78 is 10.4. The van der Waals surface area contributed by atoms with E-state index < -0.39 is 5.97 Å². The second kappa shape index (κ2) is 6.95. The molecule has 0 fully saturated rings. The number of rotatable bonds is 5. The van der Waals surface area contributed by atoms with Crippen molar-refractivity contribution in [2.45, 2.75) is 6.61 Å². The molecule has 2 aromatic rings. The summed E-state index contributed by atoms with van der Waals surface area (Å²) >= 11 is 6.03. The van der Waals surface area contributed by atoms with E-state index in [4.69, 9.17) is 21.1 Å². The van der Waals surface area contributed by atoms with Crippen molar-refractivity contribution in [3.05, 3.63) is 52.5 Å². The molecule has 0 amide bonds. The molecular formula is C15H15ClN2O3. The number of hydrogen-bond acceptors (Lipinski definition) is 5. The maximum Gasteiger partial charge on any atom is 0.344 e. The first-order chi connectivity index (χ1) is 10.2. The number of aromatic nitrogens is 1. The number of benzene rings is 1. The van der Waals surface area contributed by atoms with Crippen LogP contribution >= 0.6 is 11.6 Å². The van der Waals surface area contributed by atoms with Crippen LogP contribution in [0.3, 0.4) is 0 Å². The summed E-state index contributed by atoms with van der Waals surface area (Å²) in [4.78, 5) is 16.2. The third-order valence-corrected chi connectivity index (χ3v) is 3.09. The molecule has 1 aromatic carbocycles. The molecule has 6 heteroatoms. The Labute approximate surface area is 127 Å². The average molecular weight is 307 g/mol. The fraction of sp³-hybridized carbons (Fsp3) is 0.200. The number of methoxy groups -OCH3 is 1. The number of pyridine rings is 1. The number of anilines is 1. The van der Waals surface area contributed by atoms with Gasteiger partial charge in [0.1, 0.15) is 18.0 Å². The number of ether oxygens (including phenoxy) is 2. The Morgan fingerprint density at radius 3 is 2.67 bits per heavy atom. The van der Waals surface area contributed by atoms with Gasteiger partial charge < -0.3 is 14.8 Å². The van der Waals surface area contributed by atoms with Gasteiger partial charge in [-0.05, 0) is 11.6 Å². The van der Waals surface area contributed by atoms with E-state index in [-0.39, 0.29) is 18.1 Å². The van der Waals surface area contributed by atoms with E-state index in [1.807, 2.05) is 30.3 Å². The van der Waals surface area contributed by atoms with Crippen LogP contribution in [0.4, 0.5) is 5.82 Å². The highest BCUT2D eigenvalue weighted by Gasteiger charge is 2.18. The number of carbonyl (C=O) groups is 1. The van der Waals surface area contributed by atoms with Crippen molar-refractivity contribution in [1.82, 2.24) is 4.98 Å². The predicted molar refractivity (Wildman–Crippen MR) is 80.9 cm³/mol. The third kappa shape index (κ3) is 3.64. The van der Waals surface area contributed by atoms with Crippen molar-refractivity contribution in [3.8, 4) is 5.88 Å². The highest BCUT2D eigenvalue weighted by Crippen LogP contribution is 2.27. The molecule has 1 aromatic heterocycles. The van der Waals surface area contributed by atoms with E-state index in [9.17, 15) is 4.79 Å². The molecule has 1 N–H and O–H groups in total. The Kier molecular flexibility index (Phi) is 5.00. The van der Waals surface area contributed by atoms with Crippen molar-refractivity contribution in [2.24, 2.45) is 0 Å². The molecule has 21 heavy (non-hydrogen) atoms. The maximum absolute atomic E-state index is 12.1. The molecule has 0 saturated carbocycles. The Morgan fingerprint density at radius 2 is 2.05 bits per heavy atom. The summed E-state index contributed by atoms with van der Waals surface area (Å²) in [6.07, 6.45) is 0. The molecule has 5 nitrogen and oxygen atoms in total. The Hall–Kier alpha value is -2.27. The van der Waals surface area contributed by atoms with E-state index in [2.05, 4.69) is 10.3 Å². The van der Waals surface area contributed by atoms with Crippen LogP contribution in [0, 0.1) is 0 Å². The first-order valence-corrected chi connectivity index (χ1v) is 6.67. The van der Waals surface area contributed by atoms with Crippen LogP contribution in [0.5, 0.6) is 5.88 Å². The molecular weight excluding hydrogens is 292 g/mol. The zero-order chi connectivity index (χ0) is 15.2. The molecule has 0 bridgehead atoms. The largest absolute Gasteiger partial charge is 0.480 e. The summed E-state index contributed by atoms with van der Waals surface area (Å²) in [5.41, 5.74) is 1.09. The van der Waals surface area contributed by atoms with Gasteiger partial charge in [-0.25, -0.2) is 4.79 Å². The van der Waals surface area contributed by atoms with Crippen molar-refractivity contribution in [2.75, 3.05) is 19.5 Å². The normalized spacial score (nSPS) is 10.0. The second-order valence-electron chi connectivity index (χ2n) is 4.19. The summed E-state index contributed by atoms with van der Waals surface area (Å²) in [6.45, 7) is 0.175. The van der Waals surface area contributed by atoms with Crippen molar-refractivity contribution >= 4 is 23.4 Å². The summed E-state index contributed by atoms with van der Waals surface area (Å²) in [6, 6.07) is 10.9. The van der Waals surface area contributed by atoms with Gasteiger partial charge in [0.2, 0.25) is 5.88 Å². The lowest BCUT2D eigenvalue weighted by Crippen LogP contribution is -2.09. The quantitative estimate of drug-likeness (QED) is 0.860. The molecule has 0 aliphatic heterocycles. The smallest absolute Gasteiger partial charge is 0.344 e. The number of nitrogens with one attached hydrogen (secondary N) is 1. The molecule has 0 unspecified atom stereocenters. The van der Waals surface area contributed by atoms with Crippen LogP contribution in [-0.4, -0.2) is 25.1 Å². The van der Waals surface area contributed by atoms with E-state index in [0.717, 1.165) is 5.56 Å². The van der Waals surface area contributed by atoms with Gasteiger partial charge in [0.05, 0.1) is 12.1 Å². The van der Waals surface area contributed by atoms with Crippen LogP contribution in [0.1, 0.15) is 15.9 Å². The minimum absolute atomic E-state index is 0.168. The molecule has 0 aliphatic carbocycles. The van der Waals surface area contributed by atoms with Gasteiger partial charge in [-0.3, -0.25) is 0 Å². The average Bonchev–Trinajstić information content (AvgIpc) is 2.53. The van der Waals surface area contributed by atoms with Gasteiger partial charge in [-0.2, -0.15) is 4.98 Å². The zero-order valence-corrected chi connectivity index (χ0v) is 12.5. The number of esters is 1. The minimum atomic E-state index is -0.534. The summed E-state index contributed by atoms with van der Waals surface area (Å²) in [5, 5.41) is 3.14. The third-order valence-electron chi connectivity index (χ3n) is 2.80. The number of halogens is 1. The lowest BCUT2D eigenvalue weighted by Gasteiger charge is -2.11. The molecule has 110 valence electrons. The first-order valence-electron chi connectivity index (χ1n) is 6.29. The second-order valence-corrected chi connectivity index (χ2v) is 4.59. The number of hydrogen-bond donors (Lipinski definition) is 1. The van der Waals surface area contributed by atoms with Crippen LogP contribution < -0.4 is 10.1 Å². The van der Waals surface area contributed by atoms with Crippen LogP contribution in [0.25, 0.3) is 0 Å². The fourth-order valence-corrected chi connectivity index (χ4v) is 2.00. The fourth-order valence-electron chi connectivity index (χ4n) is 1.75. The molecule has 0 aliphatic rings. The Balaban J connectivity index is 2.17. The van der Waals surface area contributed by atoms with Gasteiger partial charge in [-0.15, -0.1) is 0 Å². The SMILES string of the molecule is CNc1nc(OC)c(C(=O)OCc2ccccc2)cc1Cl. The van der Waals surface area contributed by atoms with Crippen molar-refractivity contribution in [1.29, 1.82) is 0 Å². The minimum Gasteiger partial charge on any atom is -0.480 e. The zero-order valence-electron chi connectivity index (χ0n) is 11.7. The molecule has 2 rings (SSSR count). The lowest BCUT2D eigenvalue weighted by molar-refractivity contribution is 0.0468. The van der Waals surface area contributed by atoms with Gasteiger partial charge in [-0.1, -0.05) is 41.9 Å². The van der Waals surface area contributed by atoms with E-state index in [1.165, 1.54) is 13.2 Å². The predicted octanol–water partition coefficient (Wildman–Crippen LogP) is 3.14. The first kappa shape index (κ1) is 15.1. The molecule has 0 radical (unpaired) electrons. The van der Waals surface area contributed by atoms with Gasteiger partial charge in [0, 0.05) is 7.05 Å². The summed E-state index contributed by atoms with van der Waals surface area (Å²) in [5.74, 6) is 0.0719. The van der Waals surface area contributed by atoms with E-state index >= 15 is 0 Å². The van der Waals surface area contributed by atoms with Gasteiger partial charge >= 0.3 is 5.97 Å². The maximum atomic E-state index is 12.1. The molecule has 0 saturated heterocycles. The van der Waals surface area contributed by atoms with E-state index in [0.29, 0.717) is 10.8 Å². The summed E-state index contributed by atoms with van der Waals surface area (Å²) in [7, 11) is 3.12.